The summed E-state index contributed by atoms with van der Waals surface area (Å²) in [6.07, 6.45) is 3.04. The van der Waals surface area contributed by atoms with Crippen LogP contribution in [0, 0.1) is 0 Å². The average molecular weight is 269 g/mol. The van der Waals surface area contributed by atoms with Gasteiger partial charge in [0.05, 0.1) is 0 Å². The van der Waals surface area contributed by atoms with E-state index in [0.717, 1.165) is 24.3 Å². The number of nitrogens with zero attached hydrogens (tertiary/aromatic N) is 2. The Hall–Kier alpha value is -1.70. The third-order valence-corrected chi connectivity index (χ3v) is 3.43. The van der Waals surface area contributed by atoms with Gasteiger partial charge in [-0.1, -0.05) is 24.7 Å². The van der Waals surface area contributed by atoms with Crippen LogP contribution in [0.3, 0.4) is 0 Å². The molecule has 1 aromatic heterocycles. The second kappa shape index (κ2) is 5.76. The maximum atomic E-state index is 11.8. The Balaban J connectivity index is 1.87. The number of unbranched alkanes of at least 4 members (excludes halogenated alkanes) is 1. The van der Waals surface area contributed by atoms with Gasteiger partial charge in [-0.2, -0.15) is 0 Å². The fourth-order valence-corrected chi connectivity index (χ4v) is 2.32. The van der Waals surface area contributed by atoms with Crippen molar-refractivity contribution in [1.29, 1.82) is 0 Å². The minimum atomic E-state index is -0.541. The predicted octanol–water partition coefficient (Wildman–Crippen LogP) is 0.501. The zero-order valence-electron chi connectivity index (χ0n) is 10.0. The zero-order valence-corrected chi connectivity index (χ0v) is 10.8. The van der Waals surface area contributed by atoms with Crippen molar-refractivity contribution < 1.29 is 9.59 Å². The van der Waals surface area contributed by atoms with E-state index >= 15 is 0 Å². The monoisotopic (exact) mass is 269 g/mol. The second-order valence-electron chi connectivity index (χ2n) is 4.00. The van der Waals surface area contributed by atoms with Gasteiger partial charge in [-0.25, -0.2) is 4.79 Å². The lowest BCUT2D eigenvalue weighted by molar-refractivity contribution is -0.117. The lowest BCUT2D eigenvalue weighted by Crippen LogP contribution is -2.38. The molecule has 3 amide bonds. The van der Waals surface area contributed by atoms with Crippen LogP contribution in [0.1, 0.15) is 24.8 Å². The number of aryl methyl sites for hydroxylation is 1. The van der Waals surface area contributed by atoms with Crippen molar-refractivity contribution in [1.82, 2.24) is 20.8 Å². The van der Waals surface area contributed by atoms with Crippen LogP contribution >= 0.6 is 11.3 Å². The molecule has 2 rings (SSSR count). The number of aromatic nitrogens is 2. The van der Waals surface area contributed by atoms with Crippen LogP contribution in [0.25, 0.3) is 0 Å². The first-order chi connectivity index (χ1) is 8.69. The molecule has 0 radical (unpaired) electrons. The van der Waals surface area contributed by atoms with Crippen molar-refractivity contribution in [2.45, 2.75) is 32.2 Å². The van der Waals surface area contributed by atoms with E-state index in [0.29, 0.717) is 11.7 Å². The fourth-order valence-electron chi connectivity index (χ4n) is 1.54. The van der Waals surface area contributed by atoms with Crippen LogP contribution < -0.4 is 16.0 Å². The SMILES string of the molecule is CCCCc1nnc(NC(=O)C2CNC(=O)N2)s1. The van der Waals surface area contributed by atoms with E-state index in [4.69, 9.17) is 0 Å². The molecule has 1 aliphatic rings. The van der Waals surface area contributed by atoms with Crippen molar-refractivity contribution in [2.75, 3.05) is 11.9 Å². The first-order valence-electron chi connectivity index (χ1n) is 5.86. The molecular weight excluding hydrogens is 254 g/mol. The zero-order chi connectivity index (χ0) is 13.0. The maximum absolute atomic E-state index is 11.8. The summed E-state index contributed by atoms with van der Waals surface area (Å²) in [6.45, 7) is 2.41. The Kier molecular flexibility index (Phi) is 4.08. The van der Waals surface area contributed by atoms with E-state index in [1.54, 1.807) is 0 Å². The maximum Gasteiger partial charge on any atom is 0.315 e. The number of rotatable bonds is 5. The van der Waals surface area contributed by atoms with Gasteiger partial charge in [-0.3, -0.25) is 10.1 Å². The van der Waals surface area contributed by atoms with E-state index in [9.17, 15) is 9.59 Å². The fraction of sp³-hybridized carbons (Fsp3) is 0.600. The molecule has 1 saturated heterocycles. The number of carbonyl (C=O) groups is 2. The first kappa shape index (κ1) is 12.7. The Labute approximate surface area is 108 Å². The summed E-state index contributed by atoms with van der Waals surface area (Å²) in [5, 5.41) is 17.0. The Bertz CT molecular complexity index is 447. The molecule has 7 nitrogen and oxygen atoms in total. The van der Waals surface area contributed by atoms with E-state index < -0.39 is 6.04 Å². The largest absolute Gasteiger partial charge is 0.336 e. The average Bonchev–Trinajstić information content (AvgIpc) is 2.96. The van der Waals surface area contributed by atoms with Crippen LogP contribution in [-0.4, -0.2) is 34.7 Å². The minimum absolute atomic E-state index is 0.272. The topological polar surface area (TPSA) is 96.0 Å². The van der Waals surface area contributed by atoms with Crippen molar-refractivity contribution >= 4 is 28.4 Å². The number of carbonyl (C=O) groups excluding carboxylic acids is 2. The molecule has 0 spiro atoms. The summed E-state index contributed by atoms with van der Waals surface area (Å²) in [6, 6.07) is -0.864. The smallest absolute Gasteiger partial charge is 0.315 e. The molecule has 1 unspecified atom stereocenters. The van der Waals surface area contributed by atoms with E-state index in [1.807, 2.05) is 0 Å². The van der Waals surface area contributed by atoms with Crippen molar-refractivity contribution in [3.63, 3.8) is 0 Å². The van der Waals surface area contributed by atoms with Gasteiger partial charge in [0.15, 0.2) is 0 Å². The van der Waals surface area contributed by atoms with Crippen molar-refractivity contribution in [3.05, 3.63) is 5.01 Å². The number of nitrogens with one attached hydrogen (secondary N) is 3. The van der Waals surface area contributed by atoms with Crippen LogP contribution in [0.4, 0.5) is 9.93 Å². The molecule has 1 atom stereocenters. The molecule has 1 aliphatic heterocycles. The van der Waals surface area contributed by atoms with Crippen molar-refractivity contribution in [3.8, 4) is 0 Å². The summed E-state index contributed by atoms with van der Waals surface area (Å²) in [4.78, 5) is 22.7. The number of urea groups is 1. The number of hydrogen-bond donors (Lipinski definition) is 3. The van der Waals surface area contributed by atoms with Crippen LogP contribution in [0.15, 0.2) is 0 Å². The third kappa shape index (κ3) is 3.16. The molecule has 0 aromatic carbocycles. The summed E-state index contributed by atoms with van der Waals surface area (Å²) < 4.78 is 0. The lowest BCUT2D eigenvalue weighted by Gasteiger charge is -2.06. The van der Waals surface area contributed by atoms with Gasteiger partial charge in [0, 0.05) is 13.0 Å². The molecule has 0 bridgehead atoms. The quantitative estimate of drug-likeness (QED) is 0.725. The Morgan fingerprint density at radius 2 is 2.39 bits per heavy atom. The number of amides is 3. The van der Waals surface area contributed by atoms with Gasteiger partial charge in [-0.05, 0) is 6.42 Å². The third-order valence-electron chi connectivity index (χ3n) is 2.53. The summed E-state index contributed by atoms with van der Waals surface area (Å²) in [5.74, 6) is -0.272. The van der Waals surface area contributed by atoms with Gasteiger partial charge in [-0.15, -0.1) is 10.2 Å². The van der Waals surface area contributed by atoms with Gasteiger partial charge < -0.3 is 10.6 Å². The number of hydrogen-bond acceptors (Lipinski definition) is 5. The van der Waals surface area contributed by atoms with Gasteiger partial charge >= 0.3 is 6.03 Å². The molecule has 1 aromatic rings. The highest BCUT2D eigenvalue weighted by molar-refractivity contribution is 7.15. The van der Waals surface area contributed by atoms with E-state index in [1.165, 1.54) is 11.3 Å². The standard InChI is InChI=1S/C10H15N5O2S/c1-2-3-4-7-14-15-10(18-7)13-8(16)6-5-11-9(17)12-6/h6H,2-5H2,1H3,(H2,11,12,17)(H,13,15,16). The molecule has 0 aliphatic carbocycles. The normalized spacial score (nSPS) is 18.3. The molecular formula is C10H15N5O2S. The molecule has 0 saturated carbocycles. The molecule has 2 heterocycles. The highest BCUT2D eigenvalue weighted by Gasteiger charge is 2.27. The van der Waals surface area contributed by atoms with E-state index in [-0.39, 0.29) is 11.9 Å². The Morgan fingerprint density at radius 1 is 1.56 bits per heavy atom. The summed E-state index contributed by atoms with van der Waals surface area (Å²) in [5.41, 5.74) is 0. The highest BCUT2D eigenvalue weighted by Crippen LogP contribution is 2.17. The summed E-state index contributed by atoms with van der Waals surface area (Å²) in [7, 11) is 0. The van der Waals surface area contributed by atoms with E-state index in [2.05, 4.69) is 33.1 Å². The highest BCUT2D eigenvalue weighted by atomic mass is 32.1. The molecule has 3 N–H and O–H groups in total. The first-order valence-corrected chi connectivity index (χ1v) is 6.68. The van der Waals surface area contributed by atoms with Crippen molar-refractivity contribution in [2.24, 2.45) is 0 Å². The molecule has 8 heteroatoms. The second-order valence-corrected chi connectivity index (χ2v) is 5.06. The van der Waals surface area contributed by atoms with Gasteiger partial charge in [0.25, 0.3) is 5.91 Å². The predicted molar refractivity (Wildman–Crippen MR) is 67.5 cm³/mol. The van der Waals surface area contributed by atoms with Crippen LogP contribution in [-0.2, 0) is 11.2 Å². The van der Waals surface area contributed by atoms with Crippen LogP contribution in [0.2, 0.25) is 0 Å². The number of anilines is 1. The lowest BCUT2D eigenvalue weighted by atomic mass is 10.3. The Morgan fingerprint density at radius 3 is 3.06 bits per heavy atom. The molecule has 18 heavy (non-hydrogen) atoms. The summed E-state index contributed by atoms with van der Waals surface area (Å²) >= 11 is 1.37. The van der Waals surface area contributed by atoms with Gasteiger partial charge in [0.1, 0.15) is 11.0 Å². The van der Waals surface area contributed by atoms with Crippen LogP contribution in [0.5, 0.6) is 0 Å². The van der Waals surface area contributed by atoms with Gasteiger partial charge in [0.2, 0.25) is 5.13 Å². The molecule has 98 valence electrons. The molecule has 1 fully saturated rings. The minimum Gasteiger partial charge on any atom is -0.336 e.